The third kappa shape index (κ3) is 2.87. The fraction of sp³-hybridized carbons (Fsp3) is 0.579. The van der Waals surface area contributed by atoms with Gasteiger partial charge in [0.2, 0.25) is 5.91 Å². The highest BCUT2D eigenvalue weighted by atomic mass is 16.5. The molecule has 1 saturated heterocycles. The summed E-state index contributed by atoms with van der Waals surface area (Å²) in [6.45, 7) is 2.25. The maximum absolute atomic E-state index is 11.5. The van der Waals surface area contributed by atoms with Crippen LogP contribution >= 0.6 is 0 Å². The number of hydrogen-bond donors (Lipinski definition) is 1. The molecule has 1 N–H and O–H groups in total. The Balaban J connectivity index is 1.60. The predicted molar refractivity (Wildman–Crippen MR) is 91.5 cm³/mol. The number of carbonyl (C=O) groups is 2. The molecule has 128 valence electrons. The third-order valence-corrected chi connectivity index (χ3v) is 5.58. The summed E-state index contributed by atoms with van der Waals surface area (Å²) in [5, 5.41) is 2.98. The minimum atomic E-state index is 0.153. The monoisotopic (exact) mass is 328 g/mol. The van der Waals surface area contributed by atoms with Gasteiger partial charge in [-0.05, 0) is 36.8 Å². The molecule has 1 saturated carbocycles. The average Bonchev–Trinajstić information content (AvgIpc) is 2.62. The minimum Gasteiger partial charge on any atom is -0.489 e. The number of hydrogen-bond acceptors (Lipinski definition) is 4. The van der Waals surface area contributed by atoms with Crippen LogP contribution in [0.15, 0.2) is 18.2 Å². The zero-order chi connectivity index (χ0) is 16.5. The van der Waals surface area contributed by atoms with Crippen molar-refractivity contribution in [2.45, 2.75) is 50.5 Å². The van der Waals surface area contributed by atoms with Crippen molar-refractivity contribution in [2.24, 2.45) is 0 Å². The van der Waals surface area contributed by atoms with E-state index in [1.807, 2.05) is 0 Å². The number of piperidine rings is 1. The van der Waals surface area contributed by atoms with Gasteiger partial charge in [-0.1, -0.05) is 12.1 Å². The lowest BCUT2D eigenvalue weighted by Gasteiger charge is -2.40. The fourth-order valence-electron chi connectivity index (χ4n) is 4.23. The molecule has 1 amide bonds. The molecule has 2 heterocycles. The van der Waals surface area contributed by atoms with E-state index in [0.717, 1.165) is 37.2 Å². The second-order valence-corrected chi connectivity index (χ2v) is 7.05. The van der Waals surface area contributed by atoms with Crippen LogP contribution in [0.2, 0.25) is 0 Å². The Hall–Kier alpha value is -2.04. The van der Waals surface area contributed by atoms with Gasteiger partial charge in [0.05, 0.1) is 12.2 Å². The number of nitrogens with zero attached hydrogens (tertiary/aromatic N) is 1. The van der Waals surface area contributed by atoms with E-state index in [4.69, 9.17) is 4.74 Å². The summed E-state index contributed by atoms with van der Waals surface area (Å²) in [6.07, 6.45) is 4.73. The summed E-state index contributed by atoms with van der Waals surface area (Å²) >= 11 is 0. The molecule has 1 aromatic rings. The summed E-state index contributed by atoms with van der Waals surface area (Å²) in [6, 6.07) is 6.73. The van der Waals surface area contributed by atoms with Crippen molar-refractivity contribution in [3.05, 3.63) is 23.8 Å². The van der Waals surface area contributed by atoms with Crippen LogP contribution in [0.4, 0.5) is 5.69 Å². The van der Waals surface area contributed by atoms with E-state index >= 15 is 0 Å². The topological polar surface area (TPSA) is 58.6 Å². The maximum Gasteiger partial charge on any atom is 0.220 e. The van der Waals surface area contributed by atoms with Gasteiger partial charge in [0, 0.05) is 31.8 Å². The molecule has 1 atom stereocenters. The van der Waals surface area contributed by atoms with Crippen molar-refractivity contribution in [1.29, 1.82) is 0 Å². The molecule has 1 aromatic carbocycles. The largest absolute Gasteiger partial charge is 0.489 e. The van der Waals surface area contributed by atoms with E-state index in [2.05, 4.69) is 28.4 Å². The van der Waals surface area contributed by atoms with Gasteiger partial charge in [-0.25, -0.2) is 0 Å². The summed E-state index contributed by atoms with van der Waals surface area (Å²) in [4.78, 5) is 25.4. The van der Waals surface area contributed by atoms with E-state index in [1.54, 1.807) is 0 Å². The number of fused-ring (bicyclic) bond motifs is 1. The number of anilines is 1. The number of ether oxygens (including phenoxy) is 1. The lowest BCUT2D eigenvalue weighted by atomic mass is 9.82. The molecule has 4 rings (SSSR count). The first-order valence-corrected chi connectivity index (χ1v) is 9.03. The number of amides is 1. The normalized spacial score (nSPS) is 25.0. The number of benzene rings is 1. The fourth-order valence-corrected chi connectivity index (χ4v) is 4.23. The number of carbonyl (C=O) groups excluding carboxylic acids is 2. The smallest absolute Gasteiger partial charge is 0.220 e. The van der Waals surface area contributed by atoms with Crippen molar-refractivity contribution in [1.82, 2.24) is 5.32 Å². The van der Waals surface area contributed by atoms with Gasteiger partial charge in [-0.3, -0.25) is 9.59 Å². The van der Waals surface area contributed by atoms with Crippen LogP contribution in [0.25, 0.3) is 0 Å². The van der Waals surface area contributed by atoms with Crippen LogP contribution in [0, 0.1) is 0 Å². The molecular formula is C19H24N2O3. The molecule has 5 heteroatoms. The van der Waals surface area contributed by atoms with Crippen LogP contribution in [0.3, 0.4) is 0 Å². The predicted octanol–water partition coefficient (Wildman–Crippen LogP) is 2.39. The van der Waals surface area contributed by atoms with Crippen molar-refractivity contribution < 1.29 is 14.3 Å². The van der Waals surface area contributed by atoms with Crippen LogP contribution in [0.5, 0.6) is 5.75 Å². The Labute approximate surface area is 142 Å². The zero-order valence-electron chi connectivity index (χ0n) is 13.9. The van der Waals surface area contributed by atoms with Gasteiger partial charge in [0.15, 0.2) is 0 Å². The van der Waals surface area contributed by atoms with Crippen molar-refractivity contribution >= 4 is 17.4 Å². The van der Waals surface area contributed by atoms with Crippen LogP contribution in [0.1, 0.15) is 50.0 Å². The Kier molecular flexibility index (Phi) is 4.17. The molecular weight excluding hydrogens is 304 g/mol. The quantitative estimate of drug-likeness (QED) is 0.906. The van der Waals surface area contributed by atoms with Gasteiger partial charge in [-0.15, -0.1) is 0 Å². The molecule has 0 spiro atoms. The van der Waals surface area contributed by atoms with Crippen molar-refractivity contribution in [3.63, 3.8) is 0 Å². The van der Waals surface area contributed by atoms with Gasteiger partial charge in [0.25, 0.3) is 0 Å². The van der Waals surface area contributed by atoms with Crippen molar-refractivity contribution in [3.8, 4) is 5.75 Å². The first-order valence-electron chi connectivity index (χ1n) is 9.03. The van der Waals surface area contributed by atoms with E-state index in [1.165, 1.54) is 5.56 Å². The molecule has 5 nitrogen and oxygen atoms in total. The van der Waals surface area contributed by atoms with E-state index < -0.39 is 0 Å². The number of rotatable bonds is 2. The lowest BCUT2D eigenvalue weighted by Crippen LogP contribution is -2.50. The first-order chi connectivity index (χ1) is 11.7. The Morgan fingerprint density at radius 1 is 1.08 bits per heavy atom. The highest BCUT2D eigenvalue weighted by molar-refractivity contribution is 5.79. The third-order valence-electron chi connectivity index (χ3n) is 5.58. The minimum absolute atomic E-state index is 0.153. The molecule has 3 aliphatic rings. The number of ketones is 1. The summed E-state index contributed by atoms with van der Waals surface area (Å²) in [5.41, 5.74) is 2.40. The Bertz CT molecular complexity index is 638. The standard InChI is InChI=1S/C19H24N2O3/c22-15-7-4-13(5-8-15)16-2-1-3-17-19(16)24-11-10-21(17)14-6-9-18(23)20-12-14/h1-3,13-14H,4-12H2,(H,20,23)/t14-/m1/s1. The number of para-hydroxylation sites is 1. The Morgan fingerprint density at radius 2 is 1.92 bits per heavy atom. The second-order valence-electron chi connectivity index (χ2n) is 7.05. The zero-order valence-corrected chi connectivity index (χ0v) is 13.9. The summed E-state index contributed by atoms with van der Waals surface area (Å²) in [7, 11) is 0. The van der Waals surface area contributed by atoms with Gasteiger partial charge < -0.3 is 15.0 Å². The van der Waals surface area contributed by atoms with Crippen molar-refractivity contribution in [2.75, 3.05) is 24.6 Å². The van der Waals surface area contributed by atoms with E-state index in [9.17, 15) is 9.59 Å². The van der Waals surface area contributed by atoms with E-state index in [-0.39, 0.29) is 5.91 Å². The first kappa shape index (κ1) is 15.5. The van der Waals surface area contributed by atoms with Crippen LogP contribution in [-0.2, 0) is 9.59 Å². The molecule has 2 fully saturated rings. The van der Waals surface area contributed by atoms with Crippen LogP contribution in [-0.4, -0.2) is 37.4 Å². The lowest BCUT2D eigenvalue weighted by molar-refractivity contribution is -0.122. The molecule has 24 heavy (non-hydrogen) atoms. The van der Waals surface area contributed by atoms with Gasteiger partial charge >= 0.3 is 0 Å². The van der Waals surface area contributed by atoms with E-state index in [0.29, 0.717) is 50.2 Å². The molecule has 0 radical (unpaired) electrons. The molecule has 0 aromatic heterocycles. The molecule has 2 aliphatic heterocycles. The molecule has 0 unspecified atom stereocenters. The average molecular weight is 328 g/mol. The summed E-state index contributed by atoms with van der Waals surface area (Å²) in [5.74, 6) is 1.96. The van der Waals surface area contributed by atoms with Gasteiger partial charge in [0.1, 0.15) is 18.1 Å². The second kappa shape index (κ2) is 6.46. The number of nitrogens with one attached hydrogen (secondary N) is 1. The highest BCUT2D eigenvalue weighted by Gasteiger charge is 2.31. The van der Waals surface area contributed by atoms with Crippen LogP contribution < -0.4 is 15.0 Å². The Morgan fingerprint density at radius 3 is 2.67 bits per heavy atom. The molecule has 0 bridgehead atoms. The summed E-state index contributed by atoms with van der Waals surface area (Å²) < 4.78 is 6.06. The maximum atomic E-state index is 11.5. The SMILES string of the molecule is O=C1CCC(c2cccc3c2OCCN3[C@@H]2CCC(=O)NC2)CC1. The highest BCUT2D eigenvalue weighted by Crippen LogP contribution is 2.43. The number of Topliss-reactive ketones (excluding diaryl/α,β-unsaturated/α-hetero) is 1. The molecule has 1 aliphatic carbocycles. The van der Waals surface area contributed by atoms with Gasteiger partial charge in [-0.2, -0.15) is 0 Å².